The van der Waals surface area contributed by atoms with Crippen LogP contribution in [0.1, 0.15) is 36.8 Å². The highest BCUT2D eigenvalue weighted by Gasteiger charge is 2.30. The van der Waals surface area contributed by atoms with Crippen molar-refractivity contribution in [3.05, 3.63) is 35.4 Å². The molecule has 0 amide bonds. The van der Waals surface area contributed by atoms with Crippen LogP contribution in [0.15, 0.2) is 24.3 Å². The monoisotopic (exact) mass is 243 g/mol. The summed E-state index contributed by atoms with van der Waals surface area (Å²) < 4.78 is 37.2. The van der Waals surface area contributed by atoms with E-state index in [1.807, 2.05) is 0 Å². The minimum Gasteiger partial charge on any atom is -0.314 e. The molecule has 2 unspecified atom stereocenters. The predicted octanol–water partition coefficient (Wildman–Crippen LogP) is 3.56. The van der Waals surface area contributed by atoms with E-state index < -0.39 is 11.7 Å². The first-order chi connectivity index (χ1) is 7.97. The van der Waals surface area contributed by atoms with Crippen molar-refractivity contribution in [3.63, 3.8) is 0 Å². The molecule has 1 aromatic rings. The summed E-state index contributed by atoms with van der Waals surface area (Å²) in [4.78, 5) is 0. The van der Waals surface area contributed by atoms with E-state index in [1.54, 1.807) is 12.1 Å². The number of hydrogen-bond acceptors (Lipinski definition) is 1. The molecule has 17 heavy (non-hydrogen) atoms. The van der Waals surface area contributed by atoms with Gasteiger partial charge in [0.05, 0.1) is 5.56 Å². The average molecular weight is 243 g/mol. The Balaban J connectivity index is 2.12. The molecule has 4 heteroatoms. The first-order valence-electron chi connectivity index (χ1n) is 5.87. The Bertz CT molecular complexity index is 369. The fourth-order valence-corrected chi connectivity index (χ4v) is 2.38. The van der Waals surface area contributed by atoms with Gasteiger partial charge in [-0.1, -0.05) is 12.1 Å². The second-order valence-electron chi connectivity index (χ2n) is 4.70. The molecule has 1 fully saturated rings. The van der Waals surface area contributed by atoms with Crippen LogP contribution in [0.4, 0.5) is 13.2 Å². The van der Waals surface area contributed by atoms with Gasteiger partial charge >= 0.3 is 6.18 Å². The maximum Gasteiger partial charge on any atom is 0.416 e. The van der Waals surface area contributed by atoms with Crippen LogP contribution in [-0.4, -0.2) is 12.6 Å². The highest BCUT2D eigenvalue weighted by molar-refractivity contribution is 5.27. The predicted molar refractivity (Wildman–Crippen MR) is 60.9 cm³/mol. The van der Waals surface area contributed by atoms with Crippen LogP contribution in [0, 0.1) is 0 Å². The third-order valence-corrected chi connectivity index (χ3v) is 3.33. The third-order valence-electron chi connectivity index (χ3n) is 3.33. The van der Waals surface area contributed by atoms with E-state index in [-0.39, 0.29) is 0 Å². The number of rotatable bonds is 1. The minimum atomic E-state index is -4.24. The summed E-state index contributed by atoms with van der Waals surface area (Å²) in [7, 11) is 0. The number of halogens is 3. The topological polar surface area (TPSA) is 12.0 Å². The molecule has 1 aromatic carbocycles. The van der Waals surface area contributed by atoms with Crippen molar-refractivity contribution < 1.29 is 13.2 Å². The second-order valence-corrected chi connectivity index (χ2v) is 4.70. The van der Waals surface area contributed by atoms with Gasteiger partial charge in [-0.15, -0.1) is 0 Å². The molecular formula is C13H16F3N. The maximum absolute atomic E-state index is 12.4. The summed E-state index contributed by atoms with van der Waals surface area (Å²) in [6.45, 7) is 3.04. The zero-order valence-corrected chi connectivity index (χ0v) is 9.72. The van der Waals surface area contributed by atoms with E-state index in [0.717, 1.165) is 24.9 Å². The molecule has 1 nitrogen and oxygen atoms in total. The van der Waals surface area contributed by atoms with Crippen molar-refractivity contribution in [2.45, 2.75) is 37.9 Å². The van der Waals surface area contributed by atoms with Gasteiger partial charge in [0.1, 0.15) is 0 Å². The molecule has 94 valence electrons. The minimum absolute atomic E-state index is 0.383. The lowest BCUT2D eigenvalue weighted by molar-refractivity contribution is -0.137. The lowest BCUT2D eigenvalue weighted by Crippen LogP contribution is -2.34. The molecular weight excluding hydrogens is 227 g/mol. The van der Waals surface area contributed by atoms with Crippen molar-refractivity contribution in [1.82, 2.24) is 5.32 Å². The highest BCUT2D eigenvalue weighted by Crippen LogP contribution is 2.32. The van der Waals surface area contributed by atoms with E-state index >= 15 is 0 Å². The van der Waals surface area contributed by atoms with Gasteiger partial charge in [-0.3, -0.25) is 0 Å². The Morgan fingerprint density at radius 2 is 1.82 bits per heavy atom. The number of hydrogen-bond donors (Lipinski definition) is 1. The SMILES string of the molecule is CC1CC(c2ccc(C(F)(F)F)cc2)CCN1. The Morgan fingerprint density at radius 1 is 1.18 bits per heavy atom. The fraction of sp³-hybridized carbons (Fsp3) is 0.538. The first-order valence-corrected chi connectivity index (χ1v) is 5.87. The number of alkyl halides is 3. The van der Waals surface area contributed by atoms with Gasteiger partial charge in [0, 0.05) is 6.04 Å². The van der Waals surface area contributed by atoms with Crippen LogP contribution < -0.4 is 5.32 Å². The van der Waals surface area contributed by atoms with Crippen LogP contribution >= 0.6 is 0 Å². The van der Waals surface area contributed by atoms with Crippen molar-refractivity contribution >= 4 is 0 Å². The fourth-order valence-electron chi connectivity index (χ4n) is 2.38. The lowest BCUT2D eigenvalue weighted by atomic mass is 9.86. The van der Waals surface area contributed by atoms with Crippen LogP contribution in [-0.2, 0) is 6.18 Å². The third kappa shape index (κ3) is 3.00. The van der Waals surface area contributed by atoms with Crippen LogP contribution in [0.3, 0.4) is 0 Å². The van der Waals surface area contributed by atoms with E-state index in [9.17, 15) is 13.2 Å². The van der Waals surface area contributed by atoms with Crippen molar-refractivity contribution in [1.29, 1.82) is 0 Å². The van der Waals surface area contributed by atoms with Gasteiger partial charge in [-0.2, -0.15) is 13.2 Å². The van der Waals surface area contributed by atoms with Crippen LogP contribution in [0.2, 0.25) is 0 Å². The average Bonchev–Trinajstić information content (AvgIpc) is 2.28. The molecule has 1 saturated heterocycles. The van der Waals surface area contributed by atoms with E-state index in [2.05, 4.69) is 12.2 Å². The van der Waals surface area contributed by atoms with Crippen molar-refractivity contribution in [2.24, 2.45) is 0 Å². The van der Waals surface area contributed by atoms with Crippen LogP contribution in [0.25, 0.3) is 0 Å². The second kappa shape index (κ2) is 4.69. The molecule has 0 spiro atoms. The molecule has 1 N–H and O–H groups in total. The Labute approximate surface area is 99.0 Å². The van der Waals surface area contributed by atoms with Crippen molar-refractivity contribution in [2.75, 3.05) is 6.54 Å². The molecule has 0 saturated carbocycles. The molecule has 2 atom stereocenters. The van der Waals surface area contributed by atoms with Gasteiger partial charge in [-0.05, 0) is 49.9 Å². The van der Waals surface area contributed by atoms with Gasteiger partial charge in [-0.25, -0.2) is 0 Å². The first kappa shape index (κ1) is 12.4. The number of nitrogens with one attached hydrogen (secondary N) is 1. The Kier molecular flexibility index (Phi) is 3.43. The molecule has 0 aromatic heterocycles. The normalized spacial score (nSPS) is 25.9. The quantitative estimate of drug-likeness (QED) is 0.795. The summed E-state index contributed by atoms with van der Waals surface area (Å²) in [5.74, 6) is 0.383. The molecule has 0 aliphatic carbocycles. The number of piperidine rings is 1. The zero-order chi connectivity index (χ0) is 12.5. The van der Waals surface area contributed by atoms with E-state index in [0.29, 0.717) is 12.0 Å². The smallest absolute Gasteiger partial charge is 0.314 e. The standard InChI is InChI=1S/C13H16F3N/c1-9-8-11(6-7-17-9)10-2-4-12(5-3-10)13(14,15)16/h2-5,9,11,17H,6-8H2,1H3. The Morgan fingerprint density at radius 3 is 2.35 bits per heavy atom. The van der Waals surface area contributed by atoms with E-state index in [4.69, 9.17) is 0 Å². The van der Waals surface area contributed by atoms with Gasteiger partial charge < -0.3 is 5.32 Å². The summed E-state index contributed by atoms with van der Waals surface area (Å²) >= 11 is 0. The summed E-state index contributed by atoms with van der Waals surface area (Å²) in [5, 5.41) is 3.34. The molecule has 1 heterocycles. The maximum atomic E-state index is 12.4. The number of benzene rings is 1. The van der Waals surface area contributed by atoms with Gasteiger partial charge in [0.2, 0.25) is 0 Å². The van der Waals surface area contributed by atoms with Crippen molar-refractivity contribution in [3.8, 4) is 0 Å². The summed E-state index contributed by atoms with van der Waals surface area (Å²) in [6.07, 6.45) is -2.25. The summed E-state index contributed by atoms with van der Waals surface area (Å²) in [6, 6.07) is 6.04. The van der Waals surface area contributed by atoms with Crippen LogP contribution in [0.5, 0.6) is 0 Å². The van der Waals surface area contributed by atoms with E-state index in [1.165, 1.54) is 12.1 Å². The molecule has 1 aliphatic heterocycles. The largest absolute Gasteiger partial charge is 0.416 e. The molecule has 1 aliphatic rings. The molecule has 0 bridgehead atoms. The van der Waals surface area contributed by atoms with Gasteiger partial charge in [0.15, 0.2) is 0 Å². The highest BCUT2D eigenvalue weighted by atomic mass is 19.4. The summed E-state index contributed by atoms with van der Waals surface area (Å²) in [5.41, 5.74) is 0.453. The van der Waals surface area contributed by atoms with Gasteiger partial charge in [0.25, 0.3) is 0 Å². The zero-order valence-electron chi connectivity index (χ0n) is 9.72. The molecule has 2 rings (SSSR count). The Hall–Kier alpha value is -1.03. The molecule has 0 radical (unpaired) electrons. The lowest BCUT2D eigenvalue weighted by Gasteiger charge is -2.28.